The first kappa shape index (κ1) is 23.5. The number of nitrogens with two attached hydrogens (primary N) is 1. The number of sulfonamides is 1. The maximum Gasteiger partial charge on any atom is 0.243 e. The molecule has 3 N–H and O–H groups in total. The Morgan fingerprint density at radius 3 is 2.31 bits per heavy atom. The monoisotopic (exact) mass is 470 g/mol. The summed E-state index contributed by atoms with van der Waals surface area (Å²) in [5.41, 5.74) is 6.41. The summed E-state index contributed by atoms with van der Waals surface area (Å²) in [7, 11) is -3.55. The molecular weight excluding hydrogens is 448 g/mol. The number of hydrogen-bond acceptors (Lipinski definition) is 8. The van der Waals surface area contributed by atoms with Gasteiger partial charge in [0, 0.05) is 18.8 Å². The van der Waals surface area contributed by atoms with E-state index in [4.69, 9.17) is 11.0 Å². The lowest BCUT2D eigenvalue weighted by atomic mass is 10.2. The number of amides is 1. The summed E-state index contributed by atoms with van der Waals surface area (Å²) in [6.45, 7) is 1.05. The number of nitrogens with zero attached hydrogens (tertiary/aromatic N) is 4. The van der Waals surface area contributed by atoms with Crippen LogP contribution in [0.3, 0.4) is 0 Å². The molecule has 0 saturated carbocycles. The lowest BCUT2D eigenvalue weighted by molar-refractivity contribution is -0.113. The largest absolute Gasteiger partial charge is 0.383 e. The maximum atomic E-state index is 12.8. The van der Waals surface area contributed by atoms with Crippen LogP contribution in [-0.2, 0) is 14.8 Å². The summed E-state index contributed by atoms with van der Waals surface area (Å²) >= 11 is 1.02. The van der Waals surface area contributed by atoms with E-state index in [-0.39, 0.29) is 38.5 Å². The quantitative estimate of drug-likeness (QED) is 0.611. The van der Waals surface area contributed by atoms with E-state index in [2.05, 4.69) is 10.3 Å². The standard InChI is InChI=1S/C21H22N6O3S2/c22-12-15-11-16(13-23)21(26-20(15)24)31-14-19(28)25-17-5-7-18(8-6-17)32(29,30)27-9-3-1-2-4-10-27/h5-8,11H,1-4,9-10,14H2,(H2,24,26)(H,25,28). The topological polar surface area (TPSA) is 153 Å². The zero-order valence-corrected chi connectivity index (χ0v) is 18.9. The van der Waals surface area contributed by atoms with Crippen LogP contribution < -0.4 is 11.1 Å². The van der Waals surface area contributed by atoms with Crippen molar-refractivity contribution in [1.82, 2.24) is 9.29 Å². The Morgan fingerprint density at radius 1 is 1.09 bits per heavy atom. The molecule has 1 aromatic carbocycles. The van der Waals surface area contributed by atoms with E-state index in [1.165, 1.54) is 22.5 Å². The molecule has 0 bridgehead atoms. The smallest absolute Gasteiger partial charge is 0.243 e. The van der Waals surface area contributed by atoms with E-state index in [1.807, 2.05) is 12.1 Å². The molecule has 0 atom stereocenters. The third kappa shape index (κ3) is 5.56. The van der Waals surface area contributed by atoms with Crippen LogP contribution in [0.25, 0.3) is 0 Å². The molecule has 9 nitrogen and oxygen atoms in total. The number of nitrogen functional groups attached to an aromatic ring is 1. The SMILES string of the molecule is N#Cc1cc(C#N)c(SCC(=O)Nc2ccc(S(=O)(=O)N3CCCCCC3)cc2)nc1N. The van der Waals surface area contributed by atoms with Gasteiger partial charge in [0.25, 0.3) is 0 Å². The molecule has 1 saturated heterocycles. The molecule has 32 heavy (non-hydrogen) atoms. The summed E-state index contributed by atoms with van der Waals surface area (Å²) < 4.78 is 27.2. The van der Waals surface area contributed by atoms with Crippen molar-refractivity contribution in [3.8, 4) is 12.1 Å². The summed E-state index contributed by atoms with van der Waals surface area (Å²) in [4.78, 5) is 16.5. The minimum atomic E-state index is -3.55. The molecule has 2 aromatic rings. The molecule has 1 aliphatic rings. The van der Waals surface area contributed by atoms with Crippen molar-refractivity contribution >= 4 is 39.2 Å². The van der Waals surface area contributed by atoms with Crippen LogP contribution in [0, 0.1) is 22.7 Å². The number of thioether (sulfide) groups is 1. The van der Waals surface area contributed by atoms with E-state index >= 15 is 0 Å². The van der Waals surface area contributed by atoms with Crippen LogP contribution in [0.1, 0.15) is 36.8 Å². The van der Waals surface area contributed by atoms with Crippen LogP contribution >= 0.6 is 11.8 Å². The first-order valence-electron chi connectivity index (χ1n) is 9.98. The van der Waals surface area contributed by atoms with Crippen LogP contribution in [-0.4, -0.2) is 42.5 Å². The number of nitriles is 2. The van der Waals surface area contributed by atoms with Gasteiger partial charge < -0.3 is 11.1 Å². The number of pyridine rings is 1. The highest BCUT2D eigenvalue weighted by molar-refractivity contribution is 8.00. The molecule has 11 heteroatoms. The number of nitrogens with one attached hydrogen (secondary N) is 1. The summed E-state index contributed by atoms with van der Waals surface area (Å²) in [5.74, 6) is -0.400. The van der Waals surface area contributed by atoms with Gasteiger partial charge in [-0.1, -0.05) is 24.6 Å². The van der Waals surface area contributed by atoms with Gasteiger partial charge in [0.15, 0.2) is 0 Å². The molecule has 3 rings (SSSR count). The van der Waals surface area contributed by atoms with Gasteiger partial charge in [-0.15, -0.1) is 0 Å². The van der Waals surface area contributed by atoms with Crippen molar-refractivity contribution in [2.75, 3.05) is 29.9 Å². The van der Waals surface area contributed by atoms with Gasteiger partial charge in [0.2, 0.25) is 15.9 Å². The molecule has 1 aliphatic heterocycles. The van der Waals surface area contributed by atoms with Gasteiger partial charge in [-0.2, -0.15) is 14.8 Å². The van der Waals surface area contributed by atoms with Gasteiger partial charge in [-0.05, 0) is 43.2 Å². The number of carbonyl (C=O) groups is 1. The Hall–Kier alpha value is -3.12. The third-order valence-electron chi connectivity index (χ3n) is 4.94. The summed E-state index contributed by atoms with van der Waals surface area (Å²) in [6, 6.07) is 11.2. The van der Waals surface area contributed by atoms with E-state index in [1.54, 1.807) is 12.1 Å². The van der Waals surface area contributed by atoms with Crippen LogP contribution in [0.5, 0.6) is 0 Å². The van der Waals surface area contributed by atoms with E-state index in [9.17, 15) is 18.5 Å². The Kier molecular flexibility index (Phi) is 7.70. The fourth-order valence-corrected chi connectivity index (χ4v) is 5.54. The first-order chi connectivity index (χ1) is 15.3. The number of anilines is 2. The highest BCUT2D eigenvalue weighted by atomic mass is 32.2. The lowest BCUT2D eigenvalue weighted by Crippen LogP contribution is -2.31. The summed E-state index contributed by atoms with van der Waals surface area (Å²) in [5, 5.41) is 21.2. The number of carbonyl (C=O) groups excluding carboxylic acids is 1. The predicted molar refractivity (Wildman–Crippen MR) is 121 cm³/mol. The van der Waals surface area contributed by atoms with Crippen molar-refractivity contribution in [2.45, 2.75) is 35.6 Å². The molecule has 1 aromatic heterocycles. The van der Waals surface area contributed by atoms with Crippen molar-refractivity contribution in [2.24, 2.45) is 0 Å². The average molecular weight is 471 g/mol. The van der Waals surface area contributed by atoms with Gasteiger partial charge >= 0.3 is 0 Å². The Bertz CT molecular complexity index is 1180. The van der Waals surface area contributed by atoms with Crippen LogP contribution in [0.2, 0.25) is 0 Å². The Morgan fingerprint density at radius 2 is 1.72 bits per heavy atom. The summed E-state index contributed by atoms with van der Waals surface area (Å²) in [6.07, 6.45) is 3.79. The fourth-order valence-electron chi connectivity index (χ4n) is 3.26. The third-order valence-corrected chi connectivity index (χ3v) is 7.84. The zero-order chi connectivity index (χ0) is 23.1. The average Bonchev–Trinajstić information content (AvgIpc) is 3.08. The second kappa shape index (κ2) is 10.5. The minimum absolute atomic E-state index is 0.00406. The van der Waals surface area contributed by atoms with Gasteiger partial charge in [-0.25, -0.2) is 13.4 Å². The Labute approximate surface area is 191 Å². The van der Waals surface area contributed by atoms with E-state index in [0.29, 0.717) is 18.8 Å². The van der Waals surface area contributed by atoms with Crippen molar-refractivity contribution < 1.29 is 13.2 Å². The molecule has 0 spiro atoms. The van der Waals surface area contributed by atoms with E-state index < -0.39 is 10.0 Å². The second-order valence-corrected chi connectivity index (χ2v) is 10.1. The number of rotatable bonds is 6. The highest BCUT2D eigenvalue weighted by Gasteiger charge is 2.25. The molecular formula is C21H22N6O3S2. The molecule has 2 heterocycles. The predicted octanol–water partition coefficient (Wildman–Crippen LogP) is 2.70. The molecule has 1 fully saturated rings. The van der Waals surface area contributed by atoms with Crippen molar-refractivity contribution in [1.29, 1.82) is 10.5 Å². The molecule has 166 valence electrons. The molecule has 0 aliphatic carbocycles. The fraction of sp³-hybridized carbons (Fsp3) is 0.333. The molecule has 1 amide bonds. The van der Waals surface area contributed by atoms with Gasteiger partial charge in [0.1, 0.15) is 23.0 Å². The normalized spacial score (nSPS) is 14.7. The second-order valence-electron chi connectivity index (χ2n) is 7.18. The molecule has 0 radical (unpaired) electrons. The van der Waals surface area contributed by atoms with Crippen LogP contribution in [0.15, 0.2) is 40.3 Å². The molecule has 0 unspecified atom stereocenters. The number of benzene rings is 1. The van der Waals surface area contributed by atoms with Gasteiger partial charge in [-0.3, -0.25) is 4.79 Å². The Balaban J connectivity index is 1.62. The van der Waals surface area contributed by atoms with Crippen LogP contribution in [0.4, 0.5) is 11.5 Å². The first-order valence-corrected chi connectivity index (χ1v) is 12.4. The highest BCUT2D eigenvalue weighted by Crippen LogP contribution is 2.25. The zero-order valence-electron chi connectivity index (χ0n) is 17.2. The number of aromatic nitrogens is 1. The van der Waals surface area contributed by atoms with Gasteiger partial charge in [0.05, 0.1) is 21.8 Å². The number of hydrogen-bond donors (Lipinski definition) is 2. The lowest BCUT2D eigenvalue weighted by Gasteiger charge is -2.20. The van der Waals surface area contributed by atoms with Crippen molar-refractivity contribution in [3.63, 3.8) is 0 Å². The minimum Gasteiger partial charge on any atom is -0.383 e. The van der Waals surface area contributed by atoms with Crippen molar-refractivity contribution in [3.05, 3.63) is 41.5 Å². The maximum absolute atomic E-state index is 12.8. The van der Waals surface area contributed by atoms with E-state index in [0.717, 1.165) is 37.4 Å².